The Labute approximate surface area is 191 Å². The minimum atomic E-state index is -3.12. The van der Waals surface area contributed by atoms with E-state index in [-0.39, 0.29) is 0 Å². The van der Waals surface area contributed by atoms with Gasteiger partial charge in [0, 0.05) is 22.8 Å². The van der Waals surface area contributed by atoms with Crippen LogP contribution in [0.15, 0.2) is 97.6 Å². The van der Waals surface area contributed by atoms with Crippen molar-refractivity contribution >= 4 is 25.5 Å². The second-order valence-corrected chi connectivity index (χ2v) is 12.2. The summed E-state index contributed by atoms with van der Waals surface area (Å²) in [6.07, 6.45) is 0. The van der Waals surface area contributed by atoms with E-state index in [1.165, 1.54) is 0 Å². The molecule has 2 aromatic rings. The number of hydrogen-bond donors (Lipinski definition) is 4. The molecular weight excluding hydrogens is 438 g/mol. The summed E-state index contributed by atoms with van der Waals surface area (Å²) in [7, 11) is -6.24. The van der Waals surface area contributed by atoms with E-state index in [1.807, 2.05) is 48.5 Å². The smallest absolute Gasteiger partial charge is 0.287 e. The largest absolute Gasteiger partial charge is 0.322 e. The van der Waals surface area contributed by atoms with E-state index in [0.717, 1.165) is 11.1 Å². The first-order valence-electron chi connectivity index (χ1n) is 10.0. The summed E-state index contributed by atoms with van der Waals surface area (Å²) in [4.78, 5) is 0. The summed E-state index contributed by atoms with van der Waals surface area (Å²) in [5.41, 5.74) is 4.26. The highest BCUT2D eigenvalue weighted by molar-refractivity contribution is 7.68. The Hall–Kier alpha value is -2.94. The third kappa shape index (κ3) is 6.53. The molecule has 2 rings (SSSR count). The highest BCUT2D eigenvalue weighted by Gasteiger charge is 2.25. The van der Waals surface area contributed by atoms with Gasteiger partial charge in [-0.25, -0.2) is 0 Å². The lowest BCUT2D eigenvalue weighted by Gasteiger charge is -2.23. The van der Waals surface area contributed by atoms with Gasteiger partial charge >= 0.3 is 0 Å². The zero-order chi connectivity index (χ0) is 24.1. The van der Waals surface area contributed by atoms with Gasteiger partial charge in [0.15, 0.2) is 0 Å². The molecule has 0 unspecified atom stereocenters. The van der Waals surface area contributed by atoms with Crippen molar-refractivity contribution in [3.8, 4) is 11.1 Å². The molecule has 0 saturated heterocycles. The molecular formula is C24H32N4O2P2. The molecule has 0 amide bonds. The highest BCUT2D eigenvalue weighted by Crippen LogP contribution is 2.39. The van der Waals surface area contributed by atoms with Crippen LogP contribution < -0.4 is 31.0 Å². The zero-order valence-corrected chi connectivity index (χ0v) is 20.9. The van der Waals surface area contributed by atoms with Gasteiger partial charge in [-0.2, -0.15) is 0 Å². The van der Waals surface area contributed by atoms with Crippen LogP contribution in [0.5, 0.6) is 0 Å². The summed E-state index contributed by atoms with van der Waals surface area (Å²) in [5, 5.41) is 13.0. The lowest BCUT2D eigenvalue weighted by molar-refractivity contribution is 0.569. The lowest BCUT2D eigenvalue weighted by atomic mass is 10.1. The molecule has 8 heteroatoms. The fourth-order valence-corrected chi connectivity index (χ4v) is 7.03. The van der Waals surface area contributed by atoms with Gasteiger partial charge in [0.25, 0.3) is 14.9 Å². The van der Waals surface area contributed by atoms with Gasteiger partial charge < -0.3 is 20.3 Å². The fraction of sp³-hybridized carbons (Fsp3) is 0.167. The Kier molecular flexibility index (Phi) is 8.01. The Morgan fingerprint density at radius 2 is 0.750 bits per heavy atom. The molecule has 0 fully saturated rings. The Morgan fingerprint density at radius 3 is 0.938 bits per heavy atom. The van der Waals surface area contributed by atoms with Crippen molar-refractivity contribution in [3.63, 3.8) is 0 Å². The molecule has 0 aliphatic heterocycles. The maximum Gasteiger partial charge on any atom is 0.287 e. The Balaban J connectivity index is 2.35. The Morgan fingerprint density at radius 1 is 0.531 bits per heavy atom. The van der Waals surface area contributed by atoms with Crippen LogP contribution >= 0.6 is 14.9 Å². The molecule has 0 aliphatic rings. The van der Waals surface area contributed by atoms with Gasteiger partial charge in [0.1, 0.15) is 0 Å². The minimum Gasteiger partial charge on any atom is -0.322 e. The van der Waals surface area contributed by atoms with E-state index >= 15 is 0 Å². The molecule has 0 radical (unpaired) electrons. The zero-order valence-electron chi connectivity index (χ0n) is 19.2. The van der Waals surface area contributed by atoms with Gasteiger partial charge in [-0.3, -0.25) is 9.13 Å². The first-order chi connectivity index (χ1) is 14.8. The number of nitrogens with one attached hydrogen (secondary N) is 4. The van der Waals surface area contributed by atoms with Crippen LogP contribution in [0.4, 0.5) is 0 Å². The van der Waals surface area contributed by atoms with Crippen LogP contribution in [-0.4, -0.2) is 0 Å². The van der Waals surface area contributed by atoms with E-state index in [4.69, 9.17) is 0 Å². The number of benzene rings is 2. The molecule has 0 bridgehead atoms. The van der Waals surface area contributed by atoms with Gasteiger partial charge in [-0.05, 0) is 63.1 Å². The monoisotopic (exact) mass is 470 g/mol. The van der Waals surface area contributed by atoms with E-state index in [9.17, 15) is 9.13 Å². The first-order valence-corrected chi connectivity index (χ1v) is 13.4. The van der Waals surface area contributed by atoms with E-state index in [2.05, 4.69) is 46.7 Å². The third-order valence-corrected chi connectivity index (χ3v) is 9.03. The van der Waals surface area contributed by atoms with Crippen LogP contribution in [0.1, 0.15) is 27.7 Å². The highest BCUT2D eigenvalue weighted by atomic mass is 31.2. The molecule has 6 nitrogen and oxygen atoms in total. The average Bonchev–Trinajstić information content (AvgIpc) is 2.65. The van der Waals surface area contributed by atoms with Crippen molar-refractivity contribution in [2.24, 2.45) is 0 Å². The van der Waals surface area contributed by atoms with Gasteiger partial charge in [0.05, 0.1) is 10.6 Å². The first kappa shape index (κ1) is 25.3. The predicted octanol–water partition coefficient (Wildman–Crippen LogP) is 5.48. The Bertz CT molecular complexity index is 1000. The van der Waals surface area contributed by atoms with Gasteiger partial charge in [-0.1, -0.05) is 50.6 Å². The molecule has 0 spiro atoms. The van der Waals surface area contributed by atoms with E-state index in [0.29, 0.717) is 33.4 Å². The maximum atomic E-state index is 13.4. The average molecular weight is 470 g/mol. The molecule has 32 heavy (non-hydrogen) atoms. The second kappa shape index (κ2) is 10.1. The number of hydrogen-bond acceptors (Lipinski definition) is 2. The molecule has 0 saturated carbocycles. The van der Waals surface area contributed by atoms with E-state index in [1.54, 1.807) is 27.7 Å². The SMILES string of the molecule is C=C(C)NP(=O)(NC(=C)C)c1ccc(-c2ccc(P(=O)(NC(=C)C)NC(=C)C)cc2)cc1. The van der Waals surface area contributed by atoms with Crippen LogP contribution in [-0.2, 0) is 9.13 Å². The fourth-order valence-electron chi connectivity index (χ4n) is 3.12. The molecule has 0 aliphatic carbocycles. The van der Waals surface area contributed by atoms with E-state index < -0.39 is 14.9 Å². The van der Waals surface area contributed by atoms with Gasteiger partial charge in [0.2, 0.25) is 0 Å². The van der Waals surface area contributed by atoms with Crippen molar-refractivity contribution in [2.75, 3.05) is 0 Å². The van der Waals surface area contributed by atoms with Crippen molar-refractivity contribution < 1.29 is 9.13 Å². The van der Waals surface area contributed by atoms with Crippen LogP contribution in [0.3, 0.4) is 0 Å². The van der Waals surface area contributed by atoms with Crippen LogP contribution in [0, 0.1) is 0 Å². The summed E-state index contributed by atoms with van der Waals surface area (Å²) in [5.74, 6) is 0. The predicted molar refractivity (Wildman–Crippen MR) is 138 cm³/mol. The summed E-state index contributed by atoms with van der Waals surface area (Å²) >= 11 is 0. The van der Waals surface area contributed by atoms with Crippen LogP contribution in [0.25, 0.3) is 11.1 Å². The summed E-state index contributed by atoms with van der Waals surface area (Å²) in [6, 6.07) is 14.8. The van der Waals surface area contributed by atoms with Crippen LogP contribution in [0.2, 0.25) is 0 Å². The van der Waals surface area contributed by atoms with Crippen molar-refractivity contribution in [2.45, 2.75) is 27.7 Å². The molecule has 0 atom stereocenters. The maximum absolute atomic E-state index is 13.4. The quantitative estimate of drug-likeness (QED) is 0.326. The lowest BCUT2D eigenvalue weighted by Crippen LogP contribution is -2.28. The number of allylic oxidation sites excluding steroid dienone is 4. The normalized spacial score (nSPS) is 11.2. The molecule has 2 aromatic carbocycles. The molecule has 4 N–H and O–H groups in total. The van der Waals surface area contributed by atoms with Crippen molar-refractivity contribution in [1.82, 2.24) is 20.3 Å². The summed E-state index contributed by atoms with van der Waals surface area (Å²) in [6.45, 7) is 22.2. The standard InChI is InChI=1S/C24H32N4O2P2/c1-17(2)25-31(29,26-18(3)4)23-13-9-21(10-14-23)22-11-15-24(16-12-22)32(30,27-19(5)6)28-20(7)8/h9-16H,1,3,5,7H2,2,4,6,8H3,(H2,25,26,29)(H2,27,28,30). The molecule has 0 heterocycles. The third-order valence-electron chi connectivity index (χ3n) is 4.19. The van der Waals surface area contributed by atoms with Crippen molar-refractivity contribution in [3.05, 3.63) is 97.6 Å². The summed E-state index contributed by atoms with van der Waals surface area (Å²) < 4.78 is 26.8. The van der Waals surface area contributed by atoms with Gasteiger partial charge in [-0.15, -0.1) is 0 Å². The minimum absolute atomic E-state index is 0.595. The second-order valence-electron chi connectivity index (χ2n) is 7.88. The topological polar surface area (TPSA) is 82.3 Å². The molecule has 0 aromatic heterocycles. The van der Waals surface area contributed by atoms with Crippen molar-refractivity contribution in [1.29, 1.82) is 0 Å². The number of rotatable bonds is 11. The molecule has 170 valence electrons.